The van der Waals surface area contributed by atoms with Crippen LogP contribution in [0.25, 0.3) is 0 Å². The third-order valence-electron chi connectivity index (χ3n) is 3.86. The molecule has 0 aliphatic heterocycles. The number of nitro groups is 1. The van der Waals surface area contributed by atoms with Crippen LogP contribution in [0, 0.1) is 15.5 Å². The van der Waals surface area contributed by atoms with Crippen LogP contribution >= 0.6 is 0 Å². The van der Waals surface area contributed by atoms with Crippen LogP contribution in [0.4, 0.5) is 11.4 Å². The lowest BCUT2D eigenvalue weighted by molar-refractivity contribution is -0.385. The van der Waals surface area contributed by atoms with E-state index in [2.05, 4.69) is 5.32 Å². The average molecular weight is 386 g/mol. The number of carbonyl (C=O) groups excluding carboxylic acids is 2. The number of hydrogen-bond donors (Lipinski definition) is 1. The summed E-state index contributed by atoms with van der Waals surface area (Å²) in [4.78, 5) is 34.7. The Labute approximate surface area is 162 Å². The number of amides is 1. The number of non-ortho nitro benzene ring substituents is 1. The molecule has 1 amide bonds. The molecule has 0 unspecified atom stereocenters. The fourth-order valence-electron chi connectivity index (χ4n) is 2.18. The molecule has 2 aromatic carbocycles. The number of carbonyl (C=O) groups is 2. The molecule has 8 heteroatoms. The molecule has 0 bridgehead atoms. The fourth-order valence-corrected chi connectivity index (χ4v) is 2.18. The van der Waals surface area contributed by atoms with Crippen molar-refractivity contribution in [2.75, 3.05) is 19.0 Å². The first-order valence-corrected chi connectivity index (χ1v) is 8.52. The van der Waals surface area contributed by atoms with Gasteiger partial charge in [0.05, 0.1) is 18.1 Å². The molecule has 0 aliphatic carbocycles. The Morgan fingerprint density at radius 1 is 1.07 bits per heavy atom. The van der Waals surface area contributed by atoms with Crippen LogP contribution < -0.4 is 14.8 Å². The Morgan fingerprint density at radius 2 is 1.71 bits per heavy atom. The molecular formula is C20H22N2O6. The zero-order valence-corrected chi connectivity index (χ0v) is 16.1. The largest absolute Gasteiger partial charge is 0.493 e. The Balaban J connectivity index is 2.05. The van der Waals surface area contributed by atoms with E-state index in [0.29, 0.717) is 17.0 Å². The van der Waals surface area contributed by atoms with Gasteiger partial charge < -0.3 is 14.8 Å². The molecule has 28 heavy (non-hydrogen) atoms. The number of ether oxygens (including phenoxy) is 2. The maximum absolute atomic E-state index is 12.3. The van der Waals surface area contributed by atoms with E-state index in [-0.39, 0.29) is 29.7 Å². The number of rotatable bonds is 7. The summed E-state index contributed by atoms with van der Waals surface area (Å²) in [6.07, 6.45) is 0. The molecule has 0 aliphatic rings. The van der Waals surface area contributed by atoms with Crippen molar-refractivity contribution in [1.29, 1.82) is 0 Å². The lowest BCUT2D eigenvalue weighted by Crippen LogP contribution is -2.27. The van der Waals surface area contributed by atoms with Crippen molar-refractivity contribution in [3.63, 3.8) is 0 Å². The zero-order chi connectivity index (χ0) is 20.9. The number of nitro benzene ring substituents is 1. The normalized spacial score (nSPS) is 10.9. The quantitative estimate of drug-likeness (QED) is 0.440. The van der Waals surface area contributed by atoms with E-state index in [9.17, 15) is 19.7 Å². The SMILES string of the molecule is COc1ccc([N+](=O)[O-])cc1OCC(=O)c1ccc(NC(=O)C(C)(C)C)cc1. The van der Waals surface area contributed by atoms with E-state index in [1.807, 2.05) is 0 Å². The molecule has 0 spiro atoms. The predicted molar refractivity (Wildman–Crippen MR) is 104 cm³/mol. The highest BCUT2D eigenvalue weighted by atomic mass is 16.6. The third-order valence-corrected chi connectivity index (χ3v) is 3.86. The molecule has 0 radical (unpaired) electrons. The number of nitrogens with one attached hydrogen (secondary N) is 1. The number of methoxy groups -OCH3 is 1. The van der Waals surface area contributed by atoms with Crippen LogP contribution in [0.2, 0.25) is 0 Å². The van der Waals surface area contributed by atoms with Crippen molar-refractivity contribution in [2.45, 2.75) is 20.8 Å². The summed E-state index contributed by atoms with van der Waals surface area (Å²) in [5.74, 6) is -0.0484. The first kappa shape index (κ1) is 20.9. The van der Waals surface area contributed by atoms with Crippen LogP contribution in [0.5, 0.6) is 11.5 Å². The molecule has 2 aromatic rings. The van der Waals surface area contributed by atoms with Gasteiger partial charge in [-0.15, -0.1) is 0 Å². The smallest absolute Gasteiger partial charge is 0.273 e. The summed E-state index contributed by atoms with van der Waals surface area (Å²) in [6.45, 7) is 5.10. The average Bonchev–Trinajstić information content (AvgIpc) is 2.65. The van der Waals surface area contributed by atoms with Gasteiger partial charge in [-0.3, -0.25) is 19.7 Å². The van der Waals surface area contributed by atoms with Crippen molar-refractivity contribution in [2.24, 2.45) is 5.41 Å². The number of benzene rings is 2. The lowest BCUT2D eigenvalue weighted by atomic mass is 9.95. The molecular weight excluding hydrogens is 364 g/mol. The van der Waals surface area contributed by atoms with Gasteiger partial charge in [0.1, 0.15) is 0 Å². The Hall–Kier alpha value is -3.42. The minimum atomic E-state index is -0.557. The van der Waals surface area contributed by atoms with Gasteiger partial charge in [-0.1, -0.05) is 20.8 Å². The van der Waals surface area contributed by atoms with Crippen molar-refractivity contribution >= 4 is 23.1 Å². The molecule has 0 atom stereocenters. The van der Waals surface area contributed by atoms with Gasteiger partial charge >= 0.3 is 0 Å². The summed E-state index contributed by atoms with van der Waals surface area (Å²) < 4.78 is 10.5. The van der Waals surface area contributed by atoms with Crippen molar-refractivity contribution < 1.29 is 24.0 Å². The standard InChI is InChI=1S/C20H22N2O6/c1-20(2,3)19(24)21-14-7-5-13(6-8-14)16(23)12-28-18-11-15(22(25)26)9-10-17(18)27-4/h5-11H,12H2,1-4H3,(H,21,24). The fraction of sp³-hybridized carbons (Fsp3) is 0.300. The topological polar surface area (TPSA) is 108 Å². The monoisotopic (exact) mass is 386 g/mol. The van der Waals surface area contributed by atoms with Crippen LogP contribution in [0.15, 0.2) is 42.5 Å². The van der Waals surface area contributed by atoms with Crippen LogP contribution in [-0.2, 0) is 4.79 Å². The van der Waals surface area contributed by atoms with E-state index >= 15 is 0 Å². The minimum absolute atomic E-state index is 0.110. The molecule has 2 rings (SSSR count). The molecule has 1 N–H and O–H groups in total. The summed E-state index contributed by atoms with van der Waals surface area (Å²) in [6, 6.07) is 10.3. The Kier molecular flexibility index (Phi) is 6.35. The second-order valence-corrected chi connectivity index (χ2v) is 7.09. The zero-order valence-electron chi connectivity index (χ0n) is 16.1. The number of anilines is 1. The second kappa shape index (κ2) is 8.51. The first-order chi connectivity index (χ1) is 13.1. The molecule has 0 fully saturated rings. The van der Waals surface area contributed by atoms with Crippen LogP contribution in [0.1, 0.15) is 31.1 Å². The summed E-state index contributed by atoms with van der Waals surface area (Å²) in [5.41, 5.74) is 0.276. The highest BCUT2D eigenvalue weighted by molar-refractivity contribution is 5.98. The highest BCUT2D eigenvalue weighted by Crippen LogP contribution is 2.31. The number of Topliss-reactive ketones (excluding diaryl/α,β-unsaturated/α-hetero) is 1. The summed E-state index contributed by atoms with van der Waals surface area (Å²) >= 11 is 0. The molecule has 0 saturated carbocycles. The number of nitrogens with zero attached hydrogens (tertiary/aromatic N) is 1. The van der Waals surface area contributed by atoms with Crippen molar-refractivity contribution in [3.8, 4) is 11.5 Å². The third kappa shape index (κ3) is 5.29. The molecule has 148 valence electrons. The van der Waals surface area contributed by atoms with Gasteiger partial charge in [-0.05, 0) is 30.3 Å². The maximum Gasteiger partial charge on any atom is 0.273 e. The van der Waals surface area contributed by atoms with Gasteiger partial charge in [-0.25, -0.2) is 0 Å². The minimum Gasteiger partial charge on any atom is -0.493 e. The summed E-state index contributed by atoms with van der Waals surface area (Å²) in [5, 5.41) is 13.7. The predicted octanol–water partition coefficient (Wildman–Crippen LogP) is 3.85. The van der Waals surface area contributed by atoms with Crippen molar-refractivity contribution in [3.05, 3.63) is 58.1 Å². The van der Waals surface area contributed by atoms with Crippen LogP contribution in [-0.4, -0.2) is 30.3 Å². The maximum atomic E-state index is 12.3. The lowest BCUT2D eigenvalue weighted by Gasteiger charge is -2.17. The highest BCUT2D eigenvalue weighted by Gasteiger charge is 2.21. The van der Waals surface area contributed by atoms with Gasteiger partial charge in [0.25, 0.3) is 5.69 Å². The summed E-state index contributed by atoms with van der Waals surface area (Å²) in [7, 11) is 1.40. The first-order valence-electron chi connectivity index (χ1n) is 8.52. The van der Waals surface area contributed by atoms with E-state index in [4.69, 9.17) is 9.47 Å². The van der Waals surface area contributed by atoms with Gasteiger partial charge in [0, 0.05) is 22.7 Å². The van der Waals surface area contributed by atoms with E-state index < -0.39 is 10.3 Å². The Bertz CT molecular complexity index is 885. The molecule has 0 heterocycles. The van der Waals surface area contributed by atoms with E-state index in [1.165, 1.54) is 25.3 Å². The second-order valence-electron chi connectivity index (χ2n) is 7.09. The van der Waals surface area contributed by atoms with E-state index in [0.717, 1.165) is 0 Å². The molecule has 0 saturated heterocycles. The van der Waals surface area contributed by atoms with Crippen molar-refractivity contribution in [1.82, 2.24) is 0 Å². The van der Waals surface area contributed by atoms with Gasteiger partial charge in [0.15, 0.2) is 23.9 Å². The molecule has 0 aromatic heterocycles. The van der Waals surface area contributed by atoms with Gasteiger partial charge in [-0.2, -0.15) is 0 Å². The van der Waals surface area contributed by atoms with Crippen LogP contribution in [0.3, 0.4) is 0 Å². The van der Waals surface area contributed by atoms with Gasteiger partial charge in [0.2, 0.25) is 5.91 Å². The number of ketones is 1. The Morgan fingerprint density at radius 3 is 2.25 bits per heavy atom. The van der Waals surface area contributed by atoms with E-state index in [1.54, 1.807) is 45.0 Å². The molecule has 8 nitrogen and oxygen atoms in total. The number of hydrogen-bond acceptors (Lipinski definition) is 6.